The third-order valence-electron chi connectivity index (χ3n) is 3.27. The van der Waals surface area contributed by atoms with Crippen LogP contribution in [0.3, 0.4) is 0 Å². The van der Waals surface area contributed by atoms with Crippen molar-refractivity contribution in [3.63, 3.8) is 0 Å². The highest BCUT2D eigenvalue weighted by molar-refractivity contribution is 5.50. The lowest BCUT2D eigenvalue weighted by molar-refractivity contribution is 0.445. The van der Waals surface area contributed by atoms with Crippen molar-refractivity contribution >= 4 is 5.69 Å². The molecule has 1 aliphatic rings. The summed E-state index contributed by atoms with van der Waals surface area (Å²) < 4.78 is 13.7. The van der Waals surface area contributed by atoms with Gasteiger partial charge < -0.3 is 10.2 Å². The molecule has 1 atom stereocenters. The van der Waals surface area contributed by atoms with E-state index in [1.54, 1.807) is 6.07 Å². The van der Waals surface area contributed by atoms with Crippen molar-refractivity contribution in [3.8, 4) is 0 Å². The zero-order valence-electron chi connectivity index (χ0n) is 9.96. The summed E-state index contributed by atoms with van der Waals surface area (Å²) >= 11 is 0. The third kappa shape index (κ3) is 2.35. The van der Waals surface area contributed by atoms with Gasteiger partial charge in [-0.15, -0.1) is 0 Å². The van der Waals surface area contributed by atoms with Crippen molar-refractivity contribution in [2.24, 2.45) is 0 Å². The van der Waals surface area contributed by atoms with E-state index in [0.717, 1.165) is 30.8 Å². The quantitative estimate of drug-likeness (QED) is 0.826. The summed E-state index contributed by atoms with van der Waals surface area (Å²) in [7, 11) is 1.97. The zero-order valence-corrected chi connectivity index (χ0v) is 9.96. The van der Waals surface area contributed by atoms with Gasteiger partial charge in [0.15, 0.2) is 0 Å². The molecule has 0 saturated carbocycles. The first-order valence-electron chi connectivity index (χ1n) is 5.89. The number of hydrogen-bond donors (Lipinski definition) is 1. The first-order valence-corrected chi connectivity index (χ1v) is 5.89. The molecule has 1 heterocycles. The Labute approximate surface area is 96.5 Å². The van der Waals surface area contributed by atoms with Crippen molar-refractivity contribution in [1.29, 1.82) is 0 Å². The number of piperidine rings is 1. The van der Waals surface area contributed by atoms with Crippen LogP contribution in [0.1, 0.15) is 18.4 Å². The number of nitrogens with one attached hydrogen (secondary N) is 1. The zero-order chi connectivity index (χ0) is 11.5. The summed E-state index contributed by atoms with van der Waals surface area (Å²) in [6.45, 7) is 3.86. The first-order chi connectivity index (χ1) is 7.70. The standard InChI is InChI=1S/C13H19FN2/c1-10-5-6-12(14)13(8-10)16-7-3-4-11(9-16)15-2/h5-6,8,11,15H,3-4,7,9H2,1-2H3. The van der Waals surface area contributed by atoms with Crippen molar-refractivity contribution < 1.29 is 4.39 Å². The van der Waals surface area contributed by atoms with Crippen molar-refractivity contribution in [1.82, 2.24) is 5.32 Å². The van der Waals surface area contributed by atoms with Crippen LogP contribution in [0, 0.1) is 12.7 Å². The van der Waals surface area contributed by atoms with Crippen LogP contribution < -0.4 is 10.2 Å². The second-order valence-electron chi connectivity index (χ2n) is 4.53. The molecule has 1 aromatic carbocycles. The molecule has 0 aliphatic carbocycles. The van der Waals surface area contributed by atoms with Crippen LogP contribution in [0.15, 0.2) is 18.2 Å². The van der Waals surface area contributed by atoms with Gasteiger partial charge in [-0.3, -0.25) is 0 Å². The molecular weight excluding hydrogens is 203 g/mol. The molecule has 1 aliphatic heterocycles. The normalized spacial score (nSPS) is 21.2. The fourth-order valence-electron chi connectivity index (χ4n) is 2.30. The van der Waals surface area contributed by atoms with Gasteiger partial charge in [0.1, 0.15) is 5.82 Å². The van der Waals surface area contributed by atoms with Crippen molar-refractivity contribution in [3.05, 3.63) is 29.6 Å². The molecular formula is C13H19FN2. The van der Waals surface area contributed by atoms with Crippen LogP contribution in [0.5, 0.6) is 0 Å². The molecule has 3 heteroatoms. The Morgan fingerprint density at radius 1 is 1.44 bits per heavy atom. The van der Waals surface area contributed by atoms with Gasteiger partial charge in [-0.05, 0) is 44.5 Å². The van der Waals surface area contributed by atoms with E-state index in [2.05, 4.69) is 10.2 Å². The average Bonchev–Trinajstić information content (AvgIpc) is 2.32. The summed E-state index contributed by atoms with van der Waals surface area (Å²) in [5, 5.41) is 3.27. The molecule has 0 aromatic heterocycles. The fourth-order valence-corrected chi connectivity index (χ4v) is 2.30. The molecule has 16 heavy (non-hydrogen) atoms. The fraction of sp³-hybridized carbons (Fsp3) is 0.538. The largest absolute Gasteiger partial charge is 0.368 e. The SMILES string of the molecule is CNC1CCCN(c2cc(C)ccc2F)C1. The van der Waals surface area contributed by atoms with E-state index in [-0.39, 0.29) is 5.82 Å². The Balaban J connectivity index is 2.19. The van der Waals surface area contributed by atoms with Crippen LogP contribution >= 0.6 is 0 Å². The minimum atomic E-state index is -0.109. The summed E-state index contributed by atoms with van der Waals surface area (Å²) in [6, 6.07) is 5.80. The van der Waals surface area contributed by atoms with Gasteiger partial charge in [-0.2, -0.15) is 0 Å². The lowest BCUT2D eigenvalue weighted by Gasteiger charge is -2.34. The Hall–Kier alpha value is -1.09. The highest BCUT2D eigenvalue weighted by Gasteiger charge is 2.20. The topological polar surface area (TPSA) is 15.3 Å². The minimum Gasteiger partial charge on any atom is -0.368 e. The molecule has 1 fully saturated rings. The number of nitrogens with zero attached hydrogens (tertiary/aromatic N) is 1. The van der Waals surface area contributed by atoms with Crippen LogP contribution in [-0.2, 0) is 0 Å². The van der Waals surface area contributed by atoms with Crippen LogP contribution in [0.4, 0.5) is 10.1 Å². The number of hydrogen-bond acceptors (Lipinski definition) is 2. The van der Waals surface area contributed by atoms with E-state index < -0.39 is 0 Å². The Kier molecular flexibility index (Phi) is 3.44. The second-order valence-corrected chi connectivity index (χ2v) is 4.53. The number of benzene rings is 1. The van der Waals surface area contributed by atoms with E-state index in [1.807, 2.05) is 26.1 Å². The van der Waals surface area contributed by atoms with Crippen LogP contribution in [0.2, 0.25) is 0 Å². The Bertz CT molecular complexity index is 365. The molecule has 0 amide bonds. The molecule has 2 nitrogen and oxygen atoms in total. The highest BCUT2D eigenvalue weighted by Crippen LogP contribution is 2.24. The highest BCUT2D eigenvalue weighted by atomic mass is 19.1. The summed E-state index contributed by atoms with van der Waals surface area (Å²) in [4.78, 5) is 2.15. The molecule has 1 aromatic rings. The van der Waals surface area contributed by atoms with Gasteiger partial charge in [0.05, 0.1) is 5.69 Å². The van der Waals surface area contributed by atoms with Crippen LogP contribution in [-0.4, -0.2) is 26.2 Å². The van der Waals surface area contributed by atoms with E-state index in [1.165, 1.54) is 6.42 Å². The van der Waals surface area contributed by atoms with Gasteiger partial charge in [0, 0.05) is 19.1 Å². The van der Waals surface area contributed by atoms with Crippen molar-refractivity contribution in [2.75, 3.05) is 25.0 Å². The number of rotatable bonds is 2. The Morgan fingerprint density at radius 2 is 2.25 bits per heavy atom. The maximum atomic E-state index is 13.7. The predicted octanol–water partition coefficient (Wildman–Crippen LogP) is 2.32. The molecule has 0 radical (unpaired) electrons. The lowest BCUT2D eigenvalue weighted by Crippen LogP contribution is -2.44. The molecule has 88 valence electrons. The number of anilines is 1. The first kappa shape index (κ1) is 11.4. The molecule has 1 N–H and O–H groups in total. The number of likely N-dealkylation sites (N-methyl/N-ethyl adjacent to an activating group) is 1. The smallest absolute Gasteiger partial charge is 0.146 e. The van der Waals surface area contributed by atoms with Crippen molar-refractivity contribution in [2.45, 2.75) is 25.8 Å². The van der Waals surface area contributed by atoms with E-state index >= 15 is 0 Å². The summed E-state index contributed by atoms with van der Waals surface area (Å²) in [5.41, 5.74) is 1.86. The second kappa shape index (κ2) is 4.83. The maximum absolute atomic E-state index is 13.7. The molecule has 0 bridgehead atoms. The third-order valence-corrected chi connectivity index (χ3v) is 3.27. The number of halogens is 1. The summed E-state index contributed by atoms with van der Waals surface area (Å²) in [5.74, 6) is -0.109. The van der Waals surface area contributed by atoms with E-state index in [9.17, 15) is 4.39 Å². The van der Waals surface area contributed by atoms with Crippen LogP contribution in [0.25, 0.3) is 0 Å². The van der Waals surface area contributed by atoms with Gasteiger partial charge in [0.25, 0.3) is 0 Å². The monoisotopic (exact) mass is 222 g/mol. The predicted molar refractivity (Wildman–Crippen MR) is 65.4 cm³/mol. The number of aryl methyl sites for hydroxylation is 1. The Morgan fingerprint density at radius 3 is 3.00 bits per heavy atom. The molecule has 2 rings (SSSR count). The lowest BCUT2D eigenvalue weighted by atomic mass is 10.0. The van der Waals surface area contributed by atoms with E-state index in [0.29, 0.717) is 6.04 Å². The molecule has 1 saturated heterocycles. The molecule has 0 spiro atoms. The maximum Gasteiger partial charge on any atom is 0.146 e. The average molecular weight is 222 g/mol. The van der Waals surface area contributed by atoms with Gasteiger partial charge in [0.2, 0.25) is 0 Å². The van der Waals surface area contributed by atoms with Gasteiger partial charge >= 0.3 is 0 Å². The summed E-state index contributed by atoms with van der Waals surface area (Å²) in [6.07, 6.45) is 2.30. The van der Waals surface area contributed by atoms with Gasteiger partial charge in [-0.25, -0.2) is 4.39 Å². The molecule has 1 unspecified atom stereocenters. The van der Waals surface area contributed by atoms with Gasteiger partial charge in [-0.1, -0.05) is 6.07 Å². The minimum absolute atomic E-state index is 0.109. The van der Waals surface area contributed by atoms with E-state index in [4.69, 9.17) is 0 Å².